The van der Waals surface area contributed by atoms with Crippen molar-refractivity contribution in [2.45, 2.75) is 92.9 Å². The number of hydrogen-bond acceptors (Lipinski definition) is 1. The first-order valence-electron chi connectivity index (χ1n) is 11.2. The molecule has 0 N–H and O–H groups in total. The molecule has 0 aliphatic rings. The average Bonchev–Trinajstić information content (AvgIpc) is 3.14. The van der Waals surface area contributed by atoms with Gasteiger partial charge in [0.05, 0.1) is 12.5 Å². The summed E-state index contributed by atoms with van der Waals surface area (Å²) in [5, 5.41) is 0. The molecule has 1 heteroatoms. The molecule has 1 nitrogen and oxygen atoms in total. The number of furan rings is 1. The molecular formula is C28H42O. The van der Waals surface area contributed by atoms with Crippen molar-refractivity contribution >= 4 is 0 Å². The van der Waals surface area contributed by atoms with E-state index >= 15 is 0 Å². The van der Waals surface area contributed by atoms with Crippen LogP contribution in [0.3, 0.4) is 0 Å². The summed E-state index contributed by atoms with van der Waals surface area (Å²) in [5.41, 5.74) is 8.54. The van der Waals surface area contributed by atoms with Gasteiger partial charge in [0.1, 0.15) is 0 Å². The number of aryl methyl sites for hydroxylation is 1. The van der Waals surface area contributed by atoms with Crippen LogP contribution in [-0.2, 0) is 6.42 Å². The first-order valence-corrected chi connectivity index (χ1v) is 11.2. The summed E-state index contributed by atoms with van der Waals surface area (Å²) in [7, 11) is 0. The Labute approximate surface area is 180 Å². The number of rotatable bonds is 13. The van der Waals surface area contributed by atoms with Crippen LogP contribution in [0.4, 0.5) is 0 Å². The molecule has 0 aliphatic carbocycles. The van der Waals surface area contributed by atoms with E-state index in [1.54, 1.807) is 6.26 Å². The largest absolute Gasteiger partial charge is 0.472 e. The van der Waals surface area contributed by atoms with Gasteiger partial charge in [0, 0.05) is 0 Å². The fourth-order valence-corrected chi connectivity index (χ4v) is 3.36. The molecule has 0 saturated heterocycles. The average molecular weight is 395 g/mol. The van der Waals surface area contributed by atoms with Crippen LogP contribution in [0.2, 0.25) is 0 Å². The first kappa shape index (κ1) is 25.0. The molecule has 0 saturated carbocycles. The van der Waals surface area contributed by atoms with E-state index < -0.39 is 0 Å². The molecule has 0 amide bonds. The second kappa shape index (κ2) is 14.9. The van der Waals surface area contributed by atoms with Crippen molar-refractivity contribution in [3.8, 4) is 0 Å². The molecule has 0 atom stereocenters. The molecule has 1 heterocycles. The zero-order valence-electron chi connectivity index (χ0n) is 19.7. The van der Waals surface area contributed by atoms with Crippen LogP contribution in [0.25, 0.3) is 0 Å². The fourth-order valence-electron chi connectivity index (χ4n) is 3.36. The van der Waals surface area contributed by atoms with Gasteiger partial charge in [0.2, 0.25) is 0 Å². The minimum atomic E-state index is 1.07. The Kier molecular flexibility index (Phi) is 12.9. The molecule has 0 unspecified atom stereocenters. The molecule has 0 aromatic carbocycles. The highest BCUT2D eigenvalue weighted by Gasteiger charge is 1.95. The maximum atomic E-state index is 5.11. The van der Waals surface area contributed by atoms with E-state index in [1.807, 2.05) is 12.3 Å². The molecule has 160 valence electrons. The Bertz CT molecular complexity index is 716. The van der Waals surface area contributed by atoms with Gasteiger partial charge in [-0.25, -0.2) is 0 Å². The first-order chi connectivity index (χ1) is 13.9. The van der Waals surface area contributed by atoms with Crippen LogP contribution in [0.5, 0.6) is 0 Å². The molecule has 0 fully saturated rings. The fraction of sp³-hybridized carbons (Fsp3) is 0.500. The predicted molar refractivity (Wildman–Crippen MR) is 129 cm³/mol. The van der Waals surface area contributed by atoms with Crippen LogP contribution in [0.15, 0.2) is 81.3 Å². The molecule has 0 spiro atoms. The van der Waals surface area contributed by atoms with Gasteiger partial charge in [-0.3, -0.25) is 0 Å². The standard InChI is InChI=1S/C28H42O/c1-23(2)21-27(6)17-9-15-25(4)13-7-11-24(3)12-8-14-26(5)16-10-18-28-19-20-29-22-28/h12-13,16-17,19-22H,7-11,14-15,18H2,1-6H3/b24-12+,25-13+,26-16+,27-17+. The van der Waals surface area contributed by atoms with Gasteiger partial charge in [-0.15, -0.1) is 0 Å². The maximum Gasteiger partial charge on any atom is 0.0934 e. The van der Waals surface area contributed by atoms with Crippen molar-refractivity contribution in [1.82, 2.24) is 0 Å². The monoisotopic (exact) mass is 394 g/mol. The molecule has 1 aromatic heterocycles. The van der Waals surface area contributed by atoms with Crippen LogP contribution in [0.1, 0.15) is 92.1 Å². The Hall–Kier alpha value is -2.02. The van der Waals surface area contributed by atoms with Gasteiger partial charge in [-0.1, -0.05) is 58.2 Å². The third-order valence-electron chi connectivity index (χ3n) is 5.09. The second-order valence-electron chi connectivity index (χ2n) is 8.61. The highest BCUT2D eigenvalue weighted by atomic mass is 16.3. The molecule has 29 heavy (non-hydrogen) atoms. The normalized spacial score (nSPS) is 13.7. The Balaban J connectivity index is 2.22. The third kappa shape index (κ3) is 13.7. The van der Waals surface area contributed by atoms with E-state index in [2.05, 4.69) is 71.9 Å². The van der Waals surface area contributed by atoms with Crippen molar-refractivity contribution in [2.75, 3.05) is 0 Å². The lowest BCUT2D eigenvalue weighted by molar-refractivity contribution is 0.564. The van der Waals surface area contributed by atoms with Gasteiger partial charge in [0.15, 0.2) is 0 Å². The van der Waals surface area contributed by atoms with Crippen molar-refractivity contribution in [1.29, 1.82) is 0 Å². The van der Waals surface area contributed by atoms with Gasteiger partial charge in [-0.05, 0) is 105 Å². The molecular weight excluding hydrogens is 352 g/mol. The van der Waals surface area contributed by atoms with E-state index in [0.717, 1.165) is 38.5 Å². The van der Waals surface area contributed by atoms with Crippen LogP contribution in [0, 0.1) is 0 Å². The number of hydrogen-bond donors (Lipinski definition) is 0. The van der Waals surface area contributed by atoms with E-state index in [-0.39, 0.29) is 0 Å². The van der Waals surface area contributed by atoms with Crippen LogP contribution in [-0.4, -0.2) is 0 Å². The lowest BCUT2D eigenvalue weighted by Crippen LogP contribution is -1.83. The minimum Gasteiger partial charge on any atom is -0.472 e. The summed E-state index contributed by atoms with van der Waals surface area (Å²) < 4.78 is 5.11. The lowest BCUT2D eigenvalue weighted by atomic mass is 10.0. The van der Waals surface area contributed by atoms with Gasteiger partial charge in [0.25, 0.3) is 0 Å². The zero-order valence-corrected chi connectivity index (χ0v) is 19.7. The van der Waals surface area contributed by atoms with E-state index in [0.29, 0.717) is 0 Å². The van der Waals surface area contributed by atoms with E-state index in [4.69, 9.17) is 4.42 Å². The second-order valence-corrected chi connectivity index (χ2v) is 8.61. The Morgan fingerprint density at radius 2 is 1.24 bits per heavy atom. The summed E-state index contributed by atoms with van der Waals surface area (Å²) in [6.07, 6.45) is 24.5. The highest BCUT2D eigenvalue weighted by Crippen LogP contribution is 2.14. The van der Waals surface area contributed by atoms with Gasteiger partial charge in [-0.2, -0.15) is 0 Å². The SMILES string of the molecule is CC(C)=C/C(C)=C/CC/C(C)=C/CC/C(C)=C/CC/C(C)=C/CCc1ccoc1. The van der Waals surface area contributed by atoms with Crippen molar-refractivity contribution in [3.05, 3.63) is 82.4 Å². The third-order valence-corrected chi connectivity index (χ3v) is 5.09. The van der Waals surface area contributed by atoms with Crippen LogP contribution < -0.4 is 0 Å². The summed E-state index contributed by atoms with van der Waals surface area (Å²) >= 11 is 0. The zero-order chi connectivity index (χ0) is 21.5. The lowest BCUT2D eigenvalue weighted by Gasteiger charge is -2.03. The molecule has 0 bridgehead atoms. The highest BCUT2D eigenvalue weighted by molar-refractivity contribution is 5.19. The summed E-state index contributed by atoms with van der Waals surface area (Å²) in [4.78, 5) is 0. The molecule has 0 radical (unpaired) electrons. The minimum absolute atomic E-state index is 1.07. The summed E-state index contributed by atoms with van der Waals surface area (Å²) in [6, 6.07) is 2.05. The topological polar surface area (TPSA) is 13.1 Å². The van der Waals surface area contributed by atoms with Crippen molar-refractivity contribution in [2.24, 2.45) is 0 Å². The quantitative estimate of drug-likeness (QED) is 0.240. The van der Waals surface area contributed by atoms with E-state index in [9.17, 15) is 0 Å². The van der Waals surface area contributed by atoms with Crippen molar-refractivity contribution < 1.29 is 4.42 Å². The molecule has 0 aliphatic heterocycles. The van der Waals surface area contributed by atoms with Gasteiger partial charge < -0.3 is 4.42 Å². The van der Waals surface area contributed by atoms with Gasteiger partial charge >= 0.3 is 0 Å². The van der Waals surface area contributed by atoms with E-state index in [1.165, 1.54) is 46.3 Å². The smallest absolute Gasteiger partial charge is 0.0934 e. The summed E-state index contributed by atoms with van der Waals surface area (Å²) in [6.45, 7) is 13.3. The molecule has 1 rings (SSSR count). The summed E-state index contributed by atoms with van der Waals surface area (Å²) in [5.74, 6) is 0. The number of allylic oxidation sites excluding steroid dienone is 10. The molecule has 1 aromatic rings. The van der Waals surface area contributed by atoms with Crippen molar-refractivity contribution in [3.63, 3.8) is 0 Å². The Morgan fingerprint density at radius 1 is 0.724 bits per heavy atom. The Morgan fingerprint density at radius 3 is 1.72 bits per heavy atom. The maximum absolute atomic E-state index is 5.11. The van der Waals surface area contributed by atoms with Crippen LogP contribution >= 0.6 is 0 Å². The predicted octanol–water partition coefficient (Wildman–Crippen LogP) is 9.30.